The molecule has 8 heteroatoms. The second-order valence-corrected chi connectivity index (χ2v) is 5.21. The average molecular weight is 302 g/mol. The van der Waals surface area contributed by atoms with Crippen molar-refractivity contribution in [1.29, 1.82) is 0 Å². The predicted octanol–water partition coefficient (Wildman–Crippen LogP) is 1.02. The molecule has 0 bridgehead atoms. The lowest BCUT2D eigenvalue weighted by molar-refractivity contribution is 0.174. The molecule has 1 aromatic carbocycles. The van der Waals surface area contributed by atoms with Crippen molar-refractivity contribution in [1.82, 2.24) is 15.1 Å². The van der Waals surface area contributed by atoms with E-state index in [1.807, 2.05) is 0 Å². The molecule has 0 fully saturated rings. The van der Waals surface area contributed by atoms with E-state index in [2.05, 4.69) is 15.5 Å². The van der Waals surface area contributed by atoms with E-state index in [4.69, 9.17) is 9.47 Å². The largest absolute Gasteiger partial charge is 0.454 e. The number of fused-ring (bicyclic) bond motifs is 2. The molecule has 0 unspecified atom stereocenters. The molecule has 0 saturated heterocycles. The number of anilines is 1. The number of nitrogens with one attached hydrogen (secondary N) is 3. The van der Waals surface area contributed by atoms with Crippen LogP contribution >= 0.6 is 0 Å². The summed E-state index contributed by atoms with van der Waals surface area (Å²) in [7, 11) is 0. The fraction of sp³-hybridized carbons (Fsp3) is 0.286. The summed E-state index contributed by atoms with van der Waals surface area (Å²) >= 11 is 0. The maximum absolute atomic E-state index is 12.3. The van der Waals surface area contributed by atoms with Gasteiger partial charge in [-0.3, -0.25) is 9.89 Å². The van der Waals surface area contributed by atoms with Crippen LogP contribution in [0.1, 0.15) is 11.3 Å². The number of carbonyl (C=O) groups excluding carboxylic acids is 1. The summed E-state index contributed by atoms with van der Waals surface area (Å²) in [5.74, 6) is 1.29. The first-order chi connectivity index (χ1) is 10.7. The van der Waals surface area contributed by atoms with Gasteiger partial charge < -0.3 is 24.8 Å². The molecular weight excluding hydrogens is 288 g/mol. The monoisotopic (exact) mass is 302 g/mol. The summed E-state index contributed by atoms with van der Waals surface area (Å²) in [6.45, 7) is 1.08. The molecule has 0 saturated carbocycles. The van der Waals surface area contributed by atoms with Gasteiger partial charge in [-0.25, -0.2) is 4.79 Å². The van der Waals surface area contributed by atoms with Crippen molar-refractivity contribution < 1.29 is 14.3 Å². The molecule has 0 aliphatic carbocycles. The van der Waals surface area contributed by atoms with Gasteiger partial charge in [0.15, 0.2) is 11.5 Å². The normalized spacial score (nSPS) is 15.5. The number of H-pyrrole nitrogens is 2. The molecule has 0 radical (unpaired) electrons. The molecule has 0 spiro atoms. The highest BCUT2D eigenvalue weighted by Gasteiger charge is 2.24. The first-order valence-electron chi connectivity index (χ1n) is 6.95. The number of nitrogens with zero attached hydrogens (tertiary/aromatic N) is 1. The SMILES string of the molecule is O=C(Nc1ccc2c(c1)OCO2)N1CCc2c([nH][nH]c2=O)C1. The van der Waals surface area contributed by atoms with Gasteiger partial charge in [0, 0.05) is 23.9 Å². The number of hydrogen-bond donors (Lipinski definition) is 3. The third-order valence-electron chi connectivity index (χ3n) is 3.86. The number of hydrogen-bond acceptors (Lipinski definition) is 4. The van der Waals surface area contributed by atoms with Gasteiger partial charge in [0.2, 0.25) is 6.79 Å². The third-order valence-corrected chi connectivity index (χ3v) is 3.86. The van der Waals surface area contributed by atoms with E-state index in [0.717, 1.165) is 11.3 Å². The van der Waals surface area contributed by atoms with Crippen molar-refractivity contribution in [3.05, 3.63) is 39.8 Å². The van der Waals surface area contributed by atoms with E-state index in [1.165, 1.54) is 0 Å². The van der Waals surface area contributed by atoms with Gasteiger partial charge in [0.1, 0.15) is 0 Å². The van der Waals surface area contributed by atoms with Crippen LogP contribution in [-0.4, -0.2) is 34.5 Å². The number of aromatic nitrogens is 2. The molecule has 3 N–H and O–H groups in total. The maximum Gasteiger partial charge on any atom is 0.322 e. The van der Waals surface area contributed by atoms with Crippen LogP contribution in [0.5, 0.6) is 11.5 Å². The van der Waals surface area contributed by atoms with Crippen molar-refractivity contribution in [3.8, 4) is 11.5 Å². The van der Waals surface area contributed by atoms with E-state index < -0.39 is 0 Å². The smallest absolute Gasteiger partial charge is 0.322 e. The number of aromatic amines is 2. The van der Waals surface area contributed by atoms with Crippen LogP contribution in [0.3, 0.4) is 0 Å². The van der Waals surface area contributed by atoms with Gasteiger partial charge in [0.25, 0.3) is 5.56 Å². The Kier molecular flexibility index (Phi) is 2.81. The molecule has 0 atom stereocenters. The average Bonchev–Trinajstić information content (AvgIpc) is 3.13. The molecule has 4 rings (SSSR count). The van der Waals surface area contributed by atoms with Gasteiger partial charge in [-0.1, -0.05) is 0 Å². The maximum atomic E-state index is 12.3. The van der Waals surface area contributed by atoms with E-state index in [1.54, 1.807) is 23.1 Å². The number of benzene rings is 1. The molecule has 2 aliphatic rings. The lowest BCUT2D eigenvalue weighted by Crippen LogP contribution is -2.39. The first kappa shape index (κ1) is 12.8. The van der Waals surface area contributed by atoms with Crippen LogP contribution in [0.2, 0.25) is 0 Å². The number of carbonyl (C=O) groups is 1. The second kappa shape index (κ2) is 4.83. The van der Waals surface area contributed by atoms with Gasteiger partial charge in [0.05, 0.1) is 12.2 Å². The zero-order valence-corrected chi connectivity index (χ0v) is 11.6. The van der Waals surface area contributed by atoms with Crippen LogP contribution in [0.4, 0.5) is 10.5 Å². The van der Waals surface area contributed by atoms with Crippen LogP contribution in [0.15, 0.2) is 23.0 Å². The highest BCUT2D eigenvalue weighted by atomic mass is 16.7. The van der Waals surface area contributed by atoms with E-state index in [0.29, 0.717) is 36.7 Å². The Hall–Kier alpha value is -2.90. The number of rotatable bonds is 1. The van der Waals surface area contributed by atoms with Gasteiger partial charge >= 0.3 is 6.03 Å². The molecule has 8 nitrogen and oxygen atoms in total. The number of ether oxygens (including phenoxy) is 2. The third kappa shape index (κ3) is 2.09. The number of amides is 2. The van der Waals surface area contributed by atoms with Crippen LogP contribution in [-0.2, 0) is 13.0 Å². The minimum atomic E-state index is -0.216. The highest BCUT2D eigenvalue weighted by molar-refractivity contribution is 5.89. The van der Waals surface area contributed by atoms with Crippen LogP contribution < -0.4 is 20.3 Å². The quantitative estimate of drug-likeness (QED) is 0.732. The van der Waals surface area contributed by atoms with Gasteiger partial charge in [-0.2, -0.15) is 0 Å². The summed E-state index contributed by atoms with van der Waals surface area (Å²) in [4.78, 5) is 25.5. The first-order valence-corrected chi connectivity index (χ1v) is 6.95. The molecule has 114 valence electrons. The number of urea groups is 1. The summed E-state index contributed by atoms with van der Waals surface area (Å²) in [5, 5.41) is 8.19. The van der Waals surface area contributed by atoms with Crippen molar-refractivity contribution >= 4 is 11.7 Å². The summed E-state index contributed by atoms with van der Waals surface area (Å²) in [5.41, 5.74) is 2.03. The Bertz CT molecular complexity index is 794. The van der Waals surface area contributed by atoms with Crippen molar-refractivity contribution in [2.75, 3.05) is 18.7 Å². The Labute approximate surface area is 125 Å². The highest BCUT2D eigenvalue weighted by Crippen LogP contribution is 2.34. The topological polar surface area (TPSA) is 99.4 Å². The molecule has 3 heterocycles. The van der Waals surface area contributed by atoms with Crippen molar-refractivity contribution in [2.24, 2.45) is 0 Å². The van der Waals surface area contributed by atoms with Crippen molar-refractivity contribution in [2.45, 2.75) is 13.0 Å². The fourth-order valence-corrected chi connectivity index (χ4v) is 2.69. The van der Waals surface area contributed by atoms with Crippen LogP contribution in [0, 0.1) is 0 Å². The minimum absolute atomic E-state index is 0.106. The lowest BCUT2D eigenvalue weighted by atomic mass is 10.1. The van der Waals surface area contributed by atoms with Gasteiger partial charge in [-0.05, 0) is 18.6 Å². The van der Waals surface area contributed by atoms with E-state index >= 15 is 0 Å². The summed E-state index contributed by atoms with van der Waals surface area (Å²) in [6.07, 6.45) is 0.544. The standard InChI is InChI=1S/C14H14N4O4/c19-13-9-3-4-18(6-10(9)16-17-13)14(20)15-8-1-2-11-12(5-8)22-7-21-11/h1-2,5H,3-4,6-7H2,(H,15,20)(H2,16,17,19). The van der Waals surface area contributed by atoms with Gasteiger partial charge in [-0.15, -0.1) is 0 Å². The lowest BCUT2D eigenvalue weighted by Gasteiger charge is -2.26. The second-order valence-electron chi connectivity index (χ2n) is 5.21. The molecular formula is C14H14N4O4. The predicted molar refractivity (Wildman–Crippen MR) is 77.1 cm³/mol. The zero-order valence-electron chi connectivity index (χ0n) is 11.6. The Morgan fingerprint density at radius 1 is 1.23 bits per heavy atom. The summed E-state index contributed by atoms with van der Waals surface area (Å²) < 4.78 is 10.5. The summed E-state index contributed by atoms with van der Waals surface area (Å²) in [6, 6.07) is 5.04. The molecule has 22 heavy (non-hydrogen) atoms. The minimum Gasteiger partial charge on any atom is -0.454 e. The fourth-order valence-electron chi connectivity index (χ4n) is 2.69. The van der Waals surface area contributed by atoms with Crippen molar-refractivity contribution in [3.63, 3.8) is 0 Å². The Morgan fingerprint density at radius 3 is 3.00 bits per heavy atom. The van der Waals surface area contributed by atoms with Crippen LogP contribution in [0.25, 0.3) is 0 Å². The molecule has 2 aliphatic heterocycles. The molecule has 2 amide bonds. The zero-order chi connectivity index (χ0) is 15.1. The van der Waals surface area contributed by atoms with E-state index in [9.17, 15) is 9.59 Å². The Balaban J connectivity index is 1.48. The van der Waals surface area contributed by atoms with E-state index in [-0.39, 0.29) is 18.4 Å². The Morgan fingerprint density at radius 2 is 2.09 bits per heavy atom. The molecule has 2 aromatic rings. The molecule has 1 aromatic heterocycles.